The molecule has 1 aromatic carbocycles. The average molecular weight is 255 g/mol. The lowest BCUT2D eigenvalue weighted by molar-refractivity contribution is 0.232. The quantitative estimate of drug-likeness (QED) is 0.624. The van der Waals surface area contributed by atoms with E-state index in [1.807, 2.05) is 0 Å². The maximum absolute atomic E-state index is 6.59. The smallest absolute Gasteiger partial charge is 0.0137 e. The molecule has 0 heterocycles. The summed E-state index contributed by atoms with van der Waals surface area (Å²) >= 11 is 0. The highest BCUT2D eigenvalue weighted by Gasteiger charge is 2.38. The fraction of sp³-hybridized carbons (Fsp3) is 0.556. The van der Waals surface area contributed by atoms with Crippen LogP contribution in [0.2, 0.25) is 0 Å². The topological polar surface area (TPSA) is 26.0 Å². The van der Waals surface area contributed by atoms with Crippen molar-refractivity contribution in [1.82, 2.24) is 0 Å². The molecule has 0 amide bonds. The van der Waals surface area contributed by atoms with Gasteiger partial charge in [0.15, 0.2) is 0 Å². The Kier molecular flexibility index (Phi) is 5.05. The number of hydrogen-bond acceptors (Lipinski definition) is 1. The van der Waals surface area contributed by atoms with Crippen molar-refractivity contribution in [1.29, 1.82) is 0 Å². The second-order valence-electron chi connectivity index (χ2n) is 5.79. The van der Waals surface area contributed by atoms with Crippen LogP contribution in [0.15, 0.2) is 30.3 Å². The van der Waals surface area contributed by atoms with Crippen LogP contribution in [0.25, 0.3) is 0 Å². The van der Waals surface area contributed by atoms with Gasteiger partial charge in [-0.2, -0.15) is 0 Å². The van der Waals surface area contributed by atoms with Crippen LogP contribution in [0.5, 0.6) is 0 Å². The van der Waals surface area contributed by atoms with Gasteiger partial charge in [0, 0.05) is 17.9 Å². The fourth-order valence-electron chi connectivity index (χ4n) is 3.53. The minimum atomic E-state index is 0.189. The molecule has 0 bridgehead atoms. The maximum atomic E-state index is 6.59. The van der Waals surface area contributed by atoms with Gasteiger partial charge in [0.25, 0.3) is 0 Å². The molecular weight excluding hydrogens is 230 g/mol. The van der Waals surface area contributed by atoms with E-state index in [4.69, 9.17) is 12.2 Å². The van der Waals surface area contributed by atoms with Crippen LogP contribution in [-0.4, -0.2) is 6.04 Å². The number of rotatable bonds is 5. The Morgan fingerprint density at radius 3 is 2.47 bits per heavy atom. The molecule has 102 valence electrons. The third-order valence-corrected chi connectivity index (χ3v) is 4.64. The lowest BCUT2D eigenvalue weighted by Crippen LogP contribution is -2.46. The Morgan fingerprint density at radius 1 is 1.16 bits per heavy atom. The Morgan fingerprint density at radius 2 is 1.84 bits per heavy atom. The first kappa shape index (κ1) is 14.2. The van der Waals surface area contributed by atoms with E-state index >= 15 is 0 Å². The van der Waals surface area contributed by atoms with Crippen LogP contribution in [0, 0.1) is 12.3 Å². The average Bonchev–Trinajstić information content (AvgIpc) is 2.49. The van der Waals surface area contributed by atoms with Crippen LogP contribution >= 0.6 is 0 Å². The molecule has 0 aromatic heterocycles. The number of nitrogens with two attached hydrogens (primary N) is 1. The van der Waals surface area contributed by atoms with Crippen molar-refractivity contribution in [3.8, 4) is 12.3 Å². The van der Waals surface area contributed by atoms with Gasteiger partial charge in [-0.15, -0.1) is 12.3 Å². The van der Waals surface area contributed by atoms with Gasteiger partial charge >= 0.3 is 0 Å². The van der Waals surface area contributed by atoms with Crippen LogP contribution in [0.3, 0.4) is 0 Å². The lowest BCUT2D eigenvalue weighted by atomic mass is 9.64. The SMILES string of the molecule is C#CCCCC(N)C1(c2ccccc2)CCCCC1. The maximum Gasteiger partial charge on any atom is 0.0137 e. The Bertz CT molecular complexity index is 409. The monoisotopic (exact) mass is 255 g/mol. The second kappa shape index (κ2) is 6.78. The molecule has 2 N–H and O–H groups in total. The highest BCUT2D eigenvalue weighted by Crippen LogP contribution is 2.42. The first-order chi connectivity index (χ1) is 9.29. The molecule has 19 heavy (non-hydrogen) atoms. The van der Waals surface area contributed by atoms with Crippen molar-refractivity contribution in [3.05, 3.63) is 35.9 Å². The summed E-state index contributed by atoms with van der Waals surface area (Å²) in [5.41, 5.74) is 8.21. The van der Waals surface area contributed by atoms with Crippen molar-refractivity contribution in [3.63, 3.8) is 0 Å². The second-order valence-corrected chi connectivity index (χ2v) is 5.79. The summed E-state index contributed by atoms with van der Waals surface area (Å²) in [6.07, 6.45) is 14.7. The summed E-state index contributed by atoms with van der Waals surface area (Å²) < 4.78 is 0. The van der Waals surface area contributed by atoms with Gasteiger partial charge in [0.2, 0.25) is 0 Å². The van der Waals surface area contributed by atoms with Crippen LogP contribution in [-0.2, 0) is 5.41 Å². The van der Waals surface area contributed by atoms with E-state index in [-0.39, 0.29) is 11.5 Å². The molecule has 1 nitrogen and oxygen atoms in total. The molecule has 1 aromatic rings. The van der Waals surface area contributed by atoms with Crippen molar-refractivity contribution >= 4 is 0 Å². The van der Waals surface area contributed by atoms with E-state index in [0.29, 0.717) is 0 Å². The van der Waals surface area contributed by atoms with Crippen molar-refractivity contribution < 1.29 is 0 Å². The molecule has 1 heteroatoms. The third-order valence-electron chi connectivity index (χ3n) is 4.64. The van der Waals surface area contributed by atoms with Crippen LogP contribution in [0.1, 0.15) is 56.9 Å². The Labute approximate surface area is 117 Å². The molecule has 1 aliphatic rings. The van der Waals surface area contributed by atoms with Crippen molar-refractivity contribution in [2.24, 2.45) is 5.73 Å². The van der Waals surface area contributed by atoms with E-state index in [1.165, 1.54) is 37.7 Å². The van der Waals surface area contributed by atoms with E-state index < -0.39 is 0 Å². The zero-order chi connectivity index (χ0) is 13.6. The molecule has 1 aliphatic carbocycles. The highest BCUT2D eigenvalue weighted by molar-refractivity contribution is 5.28. The van der Waals surface area contributed by atoms with Gasteiger partial charge in [0.1, 0.15) is 0 Å². The van der Waals surface area contributed by atoms with Crippen molar-refractivity contribution in [2.75, 3.05) is 0 Å². The molecule has 0 aliphatic heterocycles. The molecular formula is C18H25N. The molecule has 2 rings (SSSR count). The normalized spacial score (nSPS) is 19.6. The minimum absolute atomic E-state index is 0.189. The number of benzene rings is 1. The number of terminal acetylenes is 1. The Balaban J connectivity index is 2.17. The number of hydrogen-bond donors (Lipinski definition) is 1. The molecule has 1 fully saturated rings. The first-order valence-electron chi connectivity index (χ1n) is 7.54. The van der Waals surface area contributed by atoms with Crippen LogP contribution < -0.4 is 5.73 Å². The van der Waals surface area contributed by atoms with E-state index in [9.17, 15) is 0 Å². The summed E-state index contributed by atoms with van der Waals surface area (Å²) in [5.74, 6) is 2.72. The molecule has 0 saturated heterocycles. The largest absolute Gasteiger partial charge is 0.327 e. The van der Waals surface area contributed by atoms with Gasteiger partial charge in [0.05, 0.1) is 0 Å². The predicted octanol–water partition coefficient (Wildman–Crippen LogP) is 4.02. The predicted molar refractivity (Wildman–Crippen MR) is 81.9 cm³/mol. The zero-order valence-electron chi connectivity index (χ0n) is 11.8. The molecule has 1 unspecified atom stereocenters. The van der Waals surface area contributed by atoms with Gasteiger partial charge in [-0.05, 0) is 31.2 Å². The third kappa shape index (κ3) is 3.19. The summed E-state index contributed by atoms with van der Waals surface area (Å²) in [4.78, 5) is 0. The summed E-state index contributed by atoms with van der Waals surface area (Å²) in [6.45, 7) is 0. The Hall–Kier alpha value is -1.26. The van der Waals surface area contributed by atoms with E-state index in [0.717, 1.165) is 19.3 Å². The van der Waals surface area contributed by atoms with E-state index in [2.05, 4.69) is 36.3 Å². The van der Waals surface area contributed by atoms with Gasteiger partial charge in [-0.3, -0.25) is 0 Å². The van der Waals surface area contributed by atoms with Gasteiger partial charge in [-0.1, -0.05) is 49.6 Å². The fourth-order valence-corrected chi connectivity index (χ4v) is 3.53. The first-order valence-corrected chi connectivity index (χ1v) is 7.54. The molecule has 1 atom stereocenters. The van der Waals surface area contributed by atoms with E-state index in [1.54, 1.807) is 0 Å². The highest BCUT2D eigenvalue weighted by atomic mass is 14.7. The van der Waals surface area contributed by atoms with Crippen LogP contribution in [0.4, 0.5) is 0 Å². The number of unbranched alkanes of at least 4 members (excludes halogenated alkanes) is 1. The minimum Gasteiger partial charge on any atom is -0.327 e. The van der Waals surface area contributed by atoms with Gasteiger partial charge < -0.3 is 5.73 Å². The summed E-state index contributed by atoms with van der Waals surface area (Å²) in [6, 6.07) is 11.1. The standard InChI is InChI=1S/C18H25N/c1-2-3-6-13-17(19)18(14-9-5-10-15-18)16-11-7-4-8-12-16/h1,4,7-8,11-12,17H,3,5-6,9-10,13-15,19H2. The molecule has 0 spiro atoms. The summed E-state index contributed by atoms with van der Waals surface area (Å²) in [5, 5.41) is 0. The molecule has 0 radical (unpaired) electrons. The van der Waals surface area contributed by atoms with Gasteiger partial charge in [-0.25, -0.2) is 0 Å². The van der Waals surface area contributed by atoms with Crippen molar-refractivity contribution in [2.45, 2.75) is 62.8 Å². The molecule has 1 saturated carbocycles. The lowest BCUT2D eigenvalue weighted by Gasteiger charge is -2.43. The summed E-state index contributed by atoms with van der Waals surface area (Å²) in [7, 11) is 0. The zero-order valence-corrected chi connectivity index (χ0v) is 11.8.